The molecule has 11 aromatic rings. The summed E-state index contributed by atoms with van der Waals surface area (Å²) in [6.45, 7) is 0. The summed E-state index contributed by atoms with van der Waals surface area (Å²) < 4.78 is 27.1. The fraction of sp³-hybridized carbons (Fsp3) is 0. The molecule has 0 aliphatic carbocycles. The van der Waals surface area contributed by atoms with E-state index in [0.29, 0.717) is 33.1 Å². The van der Waals surface area contributed by atoms with E-state index in [-0.39, 0.29) is 0 Å². The lowest BCUT2D eigenvalue weighted by Gasteiger charge is -2.32. The van der Waals surface area contributed by atoms with Crippen LogP contribution in [-0.4, -0.2) is 32.0 Å². The van der Waals surface area contributed by atoms with Gasteiger partial charge in [0.2, 0.25) is 0 Å². The number of hydrogen-bond donors (Lipinski definition) is 0. The van der Waals surface area contributed by atoms with Gasteiger partial charge in [0.05, 0.1) is 57.3 Å². The van der Waals surface area contributed by atoms with Gasteiger partial charge in [-0.15, -0.1) is 0 Å². The van der Waals surface area contributed by atoms with Gasteiger partial charge in [0.1, 0.15) is 33.1 Å². The Hall–Kier alpha value is -7.08. The molecule has 0 atom stereocenters. The molecule has 0 unspecified atom stereocenters. The minimum Gasteiger partial charge on any atom is -0.453 e. The topological polar surface area (TPSA) is 94.7 Å². The second-order valence-corrected chi connectivity index (χ2v) is 14.4. The standard InChI is InChI=1S/C44H24N8OS2/c1-3-11-31-29(9-1)30-10-2-4-12-32(30)51(31)27-21-17-25(18-22-27)37-38(46-40-39(45-37)41-43(49-54-47-41)44-42(40)48-55-50-44)26-19-23-28(24-20-26)52-33-13-5-7-15-35(33)53-36-16-8-6-14-34(36)52/h1-24H. The van der Waals surface area contributed by atoms with Crippen molar-refractivity contribution in [1.29, 1.82) is 0 Å². The van der Waals surface area contributed by atoms with Crippen molar-refractivity contribution in [3.63, 3.8) is 0 Å². The third-order valence-corrected chi connectivity index (χ3v) is 11.4. The molecule has 7 aromatic carbocycles. The Kier molecular flexibility index (Phi) is 6.47. The zero-order valence-corrected chi connectivity index (χ0v) is 30.3. The highest BCUT2D eigenvalue weighted by molar-refractivity contribution is 7.01. The van der Waals surface area contributed by atoms with Crippen LogP contribution in [0, 0.1) is 0 Å². The van der Waals surface area contributed by atoms with E-state index in [1.54, 1.807) is 0 Å². The molecule has 1 aliphatic heterocycles. The van der Waals surface area contributed by atoms with Crippen molar-refractivity contribution in [3.05, 3.63) is 146 Å². The minimum absolute atomic E-state index is 0.657. The molecule has 0 fully saturated rings. The molecule has 0 bridgehead atoms. The van der Waals surface area contributed by atoms with E-state index in [0.717, 1.165) is 91.3 Å². The predicted molar refractivity (Wildman–Crippen MR) is 221 cm³/mol. The van der Waals surface area contributed by atoms with Crippen LogP contribution in [0.15, 0.2) is 146 Å². The third-order valence-electron chi connectivity index (χ3n) is 10.4. The molecule has 4 aromatic heterocycles. The van der Waals surface area contributed by atoms with E-state index < -0.39 is 0 Å². The number of nitrogens with zero attached hydrogens (tertiary/aromatic N) is 8. The van der Waals surface area contributed by atoms with Crippen LogP contribution in [0.1, 0.15) is 0 Å². The minimum atomic E-state index is 0.657. The molecular weight excluding hydrogens is 721 g/mol. The molecule has 258 valence electrons. The summed E-state index contributed by atoms with van der Waals surface area (Å²) in [5.74, 6) is 1.61. The second-order valence-electron chi connectivity index (χ2n) is 13.4. The first-order valence-corrected chi connectivity index (χ1v) is 19.2. The molecule has 0 amide bonds. The summed E-state index contributed by atoms with van der Waals surface area (Å²) in [5, 5.41) is 2.45. The highest BCUT2D eigenvalue weighted by Gasteiger charge is 2.26. The summed E-state index contributed by atoms with van der Waals surface area (Å²) >= 11 is 2.30. The van der Waals surface area contributed by atoms with Gasteiger partial charge in [-0.05, 0) is 60.7 Å². The van der Waals surface area contributed by atoms with E-state index in [2.05, 4.69) is 136 Å². The SMILES string of the molecule is c1ccc2c(c1)Oc1ccccc1N2c1ccc(-c2nc3c4nsnc4c4nsnc4c3nc2-c2ccc(-n3c4ccccc4c4ccccc43)cc2)cc1. The van der Waals surface area contributed by atoms with Crippen LogP contribution in [0.4, 0.5) is 17.1 Å². The van der Waals surface area contributed by atoms with Crippen molar-refractivity contribution in [3.8, 4) is 39.7 Å². The summed E-state index contributed by atoms with van der Waals surface area (Å²) in [7, 11) is 0. The lowest BCUT2D eigenvalue weighted by Crippen LogP contribution is -2.15. The lowest BCUT2D eigenvalue weighted by molar-refractivity contribution is 0.477. The Balaban J connectivity index is 1.04. The first-order chi connectivity index (χ1) is 27.3. The van der Waals surface area contributed by atoms with Crippen molar-refractivity contribution in [2.45, 2.75) is 0 Å². The third kappa shape index (κ3) is 4.51. The highest BCUT2D eigenvalue weighted by Crippen LogP contribution is 2.50. The molecule has 0 N–H and O–H groups in total. The molecular formula is C44H24N8OS2. The van der Waals surface area contributed by atoms with Gasteiger partial charge in [-0.3, -0.25) is 0 Å². The summed E-state index contributed by atoms with van der Waals surface area (Å²) in [6.07, 6.45) is 0. The number of fused-ring (bicyclic) bond motifs is 11. The Labute approximate surface area is 321 Å². The lowest BCUT2D eigenvalue weighted by atomic mass is 10.0. The summed E-state index contributed by atoms with van der Waals surface area (Å²) in [4.78, 5) is 13.0. The largest absolute Gasteiger partial charge is 0.453 e. The highest BCUT2D eigenvalue weighted by atomic mass is 32.1. The Morgan fingerprint density at radius 2 is 0.818 bits per heavy atom. The number of ether oxygens (including phenoxy) is 1. The maximum Gasteiger partial charge on any atom is 0.151 e. The molecule has 12 rings (SSSR count). The van der Waals surface area contributed by atoms with Crippen LogP contribution in [0.3, 0.4) is 0 Å². The second kappa shape index (κ2) is 11.7. The van der Waals surface area contributed by atoms with Crippen molar-refractivity contribution >= 4 is 95.4 Å². The van der Waals surface area contributed by atoms with Gasteiger partial charge in [0.25, 0.3) is 0 Å². The Morgan fingerprint density at radius 1 is 0.400 bits per heavy atom. The van der Waals surface area contributed by atoms with Crippen LogP contribution in [-0.2, 0) is 0 Å². The first-order valence-electron chi connectivity index (χ1n) is 17.7. The average molecular weight is 745 g/mol. The monoisotopic (exact) mass is 744 g/mol. The maximum atomic E-state index is 6.27. The zero-order valence-electron chi connectivity index (χ0n) is 28.7. The Morgan fingerprint density at radius 3 is 1.33 bits per heavy atom. The van der Waals surface area contributed by atoms with Crippen LogP contribution in [0.25, 0.3) is 83.1 Å². The number of anilines is 3. The van der Waals surface area contributed by atoms with Crippen LogP contribution in [0.2, 0.25) is 0 Å². The van der Waals surface area contributed by atoms with Crippen LogP contribution < -0.4 is 9.64 Å². The fourth-order valence-corrected chi connectivity index (χ4v) is 8.99. The van der Waals surface area contributed by atoms with E-state index in [1.807, 2.05) is 36.4 Å². The smallest absolute Gasteiger partial charge is 0.151 e. The van der Waals surface area contributed by atoms with Crippen molar-refractivity contribution < 1.29 is 4.74 Å². The Bertz CT molecular complexity index is 3220. The summed E-state index contributed by atoms with van der Waals surface area (Å²) in [5.41, 5.74) is 13.7. The van der Waals surface area contributed by atoms with E-state index in [9.17, 15) is 0 Å². The van der Waals surface area contributed by atoms with Gasteiger partial charge in [0.15, 0.2) is 11.5 Å². The van der Waals surface area contributed by atoms with Crippen molar-refractivity contribution in [2.75, 3.05) is 4.90 Å². The summed E-state index contributed by atoms with van der Waals surface area (Å²) in [6, 6.07) is 50.4. The molecule has 55 heavy (non-hydrogen) atoms. The predicted octanol–water partition coefficient (Wildman–Crippen LogP) is 11.6. The fourth-order valence-electron chi connectivity index (χ4n) is 7.89. The van der Waals surface area contributed by atoms with Crippen molar-refractivity contribution in [2.24, 2.45) is 0 Å². The van der Waals surface area contributed by atoms with Crippen LogP contribution in [0.5, 0.6) is 11.5 Å². The average Bonchev–Trinajstić information content (AvgIpc) is 4.01. The van der Waals surface area contributed by atoms with Gasteiger partial charge < -0.3 is 14.2 Å². The zero-order chi connectivity index (χ0) is 36.0. The van der Waals surface area contributed by atoms with Gasteiger partial charge in [0, 0.05) is 33.3 Å². The molecule has 0 spiro atoms. The number of para-hydroxylation sites is 6. The molecule has 0 saturated carbocycles. The number of hydrogen-bond acceptors (Lipinski definition) is 10. The van der Waals surface area contributed by atoms with Gasteiger partial charge in [-0.2, -0.15) is 17.5 Å². The molecule has 0 saturated heterocycles. The van der Waals surface area contributed by atoms with Gasteiger partial charge in [-0.25, -0.2) is 9.97 Å². The quantitative estimate of drug-likeness (QED) is 0.176. The molecule has 1 aliphatic rings. The normalized spacial score (nSPS) is 12.5. The van der Waals surface area contributed by atoms with Gasteiger partial charge >= 0.3 is 0 Å². The van der Waals surface area contributed by atoms with Crippen LogP contribution >= 0.6 is 23.5 Å². The number of aromatic nitrogens is 7. The molecule has 9 nitrogen and oxygen atoms in total. The molecule has 11 heteroatoms. The van der Waals surface area contributed by atoms with E-state index in [4.69, 9.17) is 14.7 Å². The first kappa shape index (κ1) is 30.4. The molecule has 5 heterocycles. The van der Waals surface area contributed by atoms with Gasteiger partial charge in [-0.1, -0.05) is 84.9 Å². The molecule has 0 radical (unpaired) electrons. The van der Waals surface area contributed by atoms with Crippen molar-refractivity contribution in [1.82, 2.24) is 32.0 Å². The van der Waals surface area contributed by atoms with E-state index >= 15 is 0 Å². The number of benzene rings is 7. The number of rotatable bonds is 4. The van der Waals surface area contributed by atoms with E-state index in [1.165, 1.54) is 10.8 Å². The maximum absolute atomic E-state index is 6.27.